The molecule has 0 atom stereocenters. The Bertz CT molecular complexity index is 804. The summed E-state index contributed by atoms with van der Waals surface area (Å²) in [7, 11) is 0. The van der Waals surface area contributed by atoms with Crippen LogP contribution in [-0.4, -0.2) is 28.6 Å². The molecule has 22 heavy (non-hydrogen) atoms. The Morgan fingerprint density at radius 3 is 2.82 bits per heavy atom. The second-order valence-corrected chi connectivity index (χ2v) is 4.56. The molecule has 0 aliphatic carbocycles. The van der Waals surface area contributed by atoms with E-state index in [1.807, 2.05) is 0 Å². The minimum absolute atomic E-state index is 0.0546. The summed E-state index contributed by atoms with van der Waals surface area (Å²) >= 11 is 0. The van der Waals surface area contributed by atoms with E-state index >= 15 is 0 Å². The largest absolute Gasteiger partial charge is 0.481 e. The van der Waals surface area contributed by atoms with Crippen molar-refractivity contribution < 1.29 is 19.4 Å². The Morgan fingerprint density at radius 2 is 2.14 bits per heavy atom. The quantitative estimate of drug-likeness (QED) is 0.825. The number of benzene rings is 1. The second-order valence-electron chi connectivity index (χ2n) is 4.56. The first-order valence-electron chi connectivity index (χ1n) is 6.74. The molecule has 0 bridgehead atoms. The van der Waals surface area contributed by atoms with Crippen LogP contribution in [0.4, 0.5) is 0 Å². The fraction of sp³-hybridized carbons (Fsp3) is 0.188. The third-order valence-corrected chi connectivity index (χ3v) is 3.00. The number of nitrogens with one attached hydrogen (secondary N) is 1. The molecule has 6 nitrogen and oxygen atoms in total. The van der Waals surface area contributed by atoms with Gasteiger partial charge < -0.3 is 14.8 Å². The van der Waals surface area contributed by atoms with Gasteiger partial charge in [0.1, 0.15) is 5.56 Å². The number of aliphatic carboxylic acids is 1. The van der Waals surface area contributed by atoms with Crippen molar-refractivity contribution in [3.8, 4) is 0 Å². The van der Waals surface area contributed by atoms with Gasteiger partial charge in [-0.25, -0.2) is 4.79 Å². The zero-order valence-electron chi connectivity index (χ0n) is 12.0. The molecular formula is C16H15NO5. The Kier molecular flexibility index (Phi) is 4.73. The minimum Gasteiger partial charge on any atom is -0.481 e. The Labute approximate surface area is 126 Å². The molecule has 2 rings (SSSR count). The third kappa shape index (κ3) is 3.41. The number of carbonyl (C=O) groups is 2. The lowest BCUT2D eigenvalue weighted by atomic mass is 10.1. The molecular weight excluding hydrogens is 286 g/mol. The zero-order chi connectivity index (χ0) is 16.1. The maximum Gasteiger partial charge on any atom is 0.343 e. The number of fused-ring (bicyclic) bond motifs is 1. The zero-order valence-corrected chi connectivity index (χ0v) is 12.0. The summed E-state index contributed by atoms with van der Waals surface area (Å²) in [6, 6.07) is 5.06. The van der Waals surface area contributed by atoms with Crippen LogP contribution < -0.4 is 5.43 Å². The van der Waals surface area contributed by atoms with E-state index in [2.05, 4.69) is 4.98 Å². The van der Waals surface area contributed by atoms with Crippen LogP contribution in [0, 0.1) is 0 Å². The minimum atomic E-state index is -0.931. The fourth-order valence-electron chi connectivity index (χ4n) is 2.00. The van der Waals surface area contributed by atoms with E-state index in [9.17, 15) is 14.4 Å². The monoisotopic (exact) mass is 301 g/mol. The van der Waals surface area contributed by atoms with E-state index in [-0.39, 0.29) is 18.6 Å². The van der Waals surface area contributed by atoms with Crippen LogP contribution in [0.2, 0.25) is 0 Å². The number of aromatic nitrogens is 1. The number of carboxylic acids is 1. The van der Waals surface area contributed by atoms with Gasteiger partial charge in [0, 0.05) is 17.1 Å². The highest BCUT2D eigenvalue weighted by molar-refractivity contribution is 5.94. The number of carbonyl (C=O) groups excluding carboxylic acids is 1. The first kappa shape index (κ1) is 15.5. The highest BCUT2D eigenvalue weighted by Gasteiger charge is 2.13. The summed E-state index contributed by atoms with van der Waals surface area (Å²) in [5, 5.41) is 8.95. The van der Waals surface area contributed by atoms with Gasteiger partial charge in [-0.2, -0.15) is 0 Å². The number of aromatic amines is 1. The van der Waals surface area contributed by atoms with Crippen LogP contribution >= 0.6 is 0 Å². The van der Waals surface area contributed by atoms with Crippen molar-refractivity contribution in [2.75, 3.05) is 6.61 Å². The maximum absolute atomic E-state index is 12.3. The number of hydrogen-bond donors (Lipinski definition) is 2. The Hall–Kier alpha value is -2.89. The maximum atomic E-state index is 12.3. The number of carboxylic acid groups (broad SMARTS) is 1. The summed E-state index contributed by atoms with van der Waals surface area (Å²) in [6.45, 7) is 1.85. The van der Waals surface area contributed by atoms with E-state index in [0.29, 0.717) is 16.5 Å². The van der Waals surface area contributed by atoms with Crippen molar-refractivity contribution in [1.29, 1.82) is 0 Å². The van der Waals surface area contributed by atoms with Crippen LogP contribution in [0.3, 0.4) is 0 Å². The Balaban J connectivity index is 2.44. The fourth-order valence-corrected chi connectivity index (χ4v) is 2.00. The van der Waals surface area contributed by atoms with Gasteiger partial charge in [-0.1, -0.05) is 18.2 Å². The molecule has 0 aliphatic heterocycles. The predicted octanol–water partition coefficient (Wildman–Crippen LogP) is 2.19. The molecule has 1 aromatic heterocycles. The average molecular weight is 301 g/mol. The molecule has 0 saturated heterocycles. The highest BCUT2D eigenvalue weighted by Crippen LogP contribution is 2.13. The van der Waals surface area contributed by atoms with Gasteiger partial charge in [0.25, 0.3) is 0 Å². The van der Waals surface area contributed by atoms with Crippen LogP contribution in [0.15, 0.2) is 35.3 Å². The number of esters is 1. The lowest BCUT2D eigenvalue weighted by Gasteiger charge is -2.04. The summed E-state index contributed by atoms with van der Waals surface area (Å²) in [5.74, 6) is -1.60. The smallest absolute Gasteiger partial charge is 0.343 e. The van der Waals surface area contributed by atoms with Gasteiger partial charge in [0.05, 0.1) is 13.0 Å². The average Bonchev–Trinajstić information content (AvgIpc) is 2.48. The summed E-state index contributed by atoms with van der Waals surface area (Å²) in [6.07, 6.45) is 4.34. The van der Waals surface area contributed by atoms with E-state index in [1.165, 1.54) is 12.3 Å². The van der Waals surface area contributed by atoms with Crippen molar-refractivity contribution in [1.82, 2.24) is 4.98 Å². The molecule has 1 heterocycles. The number of ether oxygens (including phenoxy) is 1. The van der Waals surface area contributed by atoms with Crippen molar-refractivity contribution in [2.24, 2.45) is 0 Å². The van der Waals surface area contributed by atoms with Gasteiger partial charge >= 0.3 is 11.9 Å². The summed E-state index contributed by atoms with van der Waals surface area (Å²) in [4.78, 5) is 37.4. The van der Waals surface area contributed by atoms with E-state index in [4.69, 9.17) is 9.84 Å². The third-order valence-electron chi connectivity index (χ3n) is 3.00. The molecule has 6 heteroatoms. The lowest BCUT2D eigenvalue weighted by molar-refractivity contribution is -0.135. The standard InChI is InChI=1S/C16H15NO5/c1-2-22-16(21)12-9-17-13-7-6-10(4-3-5-14(18)19)8-11(13)15(12)20/h3-4,6-9H,2,5H2,1H3,(H,17,20)(H,18,19). The molecule has 0 spiro atoms. The van der Waals surface area contributed by atoms with Crippen molar-refractivity contribution in [3.05, 3.63) is 51.8 Å². The molecule has 114 valence electrons. The van der Waals surface area contributed by atoms with Crippen LogP contribution in [0.25, 0.3) is 17.0 Å². The molecule has 0 radical (unpaired) electrons. The molecule has 0 unspecified atom stereocenters. The highest BCUT2D eigenvalue weighted by atomic mass is 16.5. The molecule has 2 N–H and O–H groups in total. The van der Waals surface area contributed by atoms with E-state index < -0.39 is 17.4 Å². The van der Waals surface area contributed by atoms with Crippen molar-refractivity contribution in [3.63, 3.8) is 0 Å². The normalized spacial score (nSPS) is 11.0. The summed E-state index contributed by atoms with van der Waals surface area (Å²) < 4.78 is 4.84. The van der Waals surface area contributed by atoms with Crippen LogP contribution in [0.5, 0.6) is 0 Å². The predicted molar refractivity (Wildman–Crippen MR) is 81.8 cm³/mol. The van der Waals surface area contributed by atoms with Crippen molar-refractivity contribution >= 4 is 28.9 Å². The van der Waals surface area contributed by atoms with Gasteiger partial charge in [-0.05, 0) is 24.6 Å². The molecule has 1 aromatic carbocycles. The van der Waals surface area contributed by atoms with Crippen LogP contribution in [0.1, 0.15) is 29.3 Å². The summed E-state index contributed by atoms with van der Waals surface area (Å²) in [5.41, 5.74) is 0.801. The molecule has 2 aromatic rings. The van der Waals surface area contributed by atoms with Gasteiger partial charge in [0.2, 0.25) is 5.43 Å². The SMILES string of the molecule is CCOC(=O)c1c[nH]c2ccc(C=CCC(=O)O)cc2c1=O. The van der Waals surface area contributed by atoms with E-state index in [1.54, 1.807) is 31.2 Å². The first-order chi connectivity index (χ1) is 10.5. The van der Waals surface area contributed by atoms with Gasteiger partial charge in [-0.3, -0.25) is 9.59 Å². The number of H-pyrrole nitrogens is 1. The number of rotatable bonds is 5. The van der Waals surface area contributed by atoms with Crippen LogP contribution in [-0.2, 0) is 9.53 Å². The lowest BCUT2D eigenvalue weighted by Crippen LogP contribution is -2.18. The topological polar surface area (TPSA) is 96.5 Å². The van der Waals surface area contributed by atoms with Gasteiger partial charge in [-0.15, -0.1) is 0 Å². The molecule has 0 saturated carbocycles. The second kappa shape index (κ2) is 6.71. The number of pyridine rings is 1. The molecule has 0 aliphatic rings. The van der Waals surface area contributed by atoms with Crippen molar-refractivity contribution in [2.45, 2.75) is 13.3 Å². The molecule has 0 fully saturated rings. The molecule has 0 amide bonds. The first-order valence-corrected chi connectivity index (χ1v) is 6.74. The Morgan fingerprint density at radius 1 is 1.36 bits per heavy atom. The number of hydrogen-bond acceptors (Lipinski definition) is 4. The van der Waals surface area contributed by atoms with Gasteiger partial charge in [0.15, 0.2) is 0 Å². The van der Waals surface area contributed by atoms with E-state index in [0.717, 1.165) is 0 Å².